The van der Waals surface area contributed by atoms with Crippen molar-refractivity contribution in [3.63, 3.8) is 0 Å². The van der Waals surface area contributed by atoms with Crippen molar-refractivity contribution in [2.24, 2.45) is 0 Å². The van der Waals surface area contributed by atoms with Crippen LogP contribution in [0.15, 0.2) is 36.4 Å². The van der Waals surface area contributed by atoms with E-state index in [0.717, 1.165) is 22.3 Å². The molecule has 1 fully saturated rings. The van der Waals surface area contributed by atoms with Gasteiger partial charge in [-0.25, -0.2) is 0 Å². The van der Waals surface area contributed by atoms with Crippen LogP contribution in [0.1, 0.15) is 51.9 Å². The molecule has 0 saturated carbocycles. The van der Waals surface area contributed by atoms with E-state index in [4.69, 9.17) is 11.6 Å². The molecule has 0 aliphatic carbocycles. The third-order valence-electron chi connectivity index (χ3n) is 5.98. The zero-order chi connectivity index (χ0) is 22.1. The maximum absolute atomic E-state index is 12.8. The summed E-state index contributed by atoms with van der Waals surface area (Å²) in [7, 11) is 0. The quantitative estimate of drug-likeness (QED) is 0.702. The van der Waals surface area contributed by atoms with Crippen molar-refractivity contribution in [2.45, 2.75) is 51.6 Å². The Morgan fingerprint density at radius 3 is 2.74 bits per heavy atom. The highest BCUT2D eigenvalue weighted by atomic mass is 35.5. The molecule has 2 aromatic rings. The van der Waals surface area contributed by atoms with Crippen molar-refractivity contribution in [2.75, 3.05) is 0 Å². The van der Waals surface area contributed by atoms with Crippen molar-refractivity contribution in [3.8, 4) is 0 Å². The van der Waals surface area contributed by atoms with Crippen LogP contribution in [0.3, 0.4) is 0 Å². The number of benzene rings is 2. The highest BCUT2D eigenvalue weighted by Crippen LogP contribution is 2.28. The fraction of sp³-hybridized carbons (Fsp3) is 0.333. The lowest BCUT2D eigenvalue weighted by Gasteiger charge is -2.29. The minimum Gasteiger partial charge on any atom is -0.322 e. The van der Waals surface area contributed by atoms with E-state index in [-0.39, 0.29) is 24.0 Å². The smallest absolute Gasteiger partial charge is 0.255 e. The molecule has 3 amide bonds. The van der Waals surface area contributed by atoms with Gasteiger partial charge in [0.1, 0.15) is 11.8 Å². The number of Topliss-reactive ketones (excluding diaryl/α,β-unsaturated/α-hetero) is 1. The van der Waals surface area contributed by atoms with Crippen molar-refractivity contribution in [3.05, 3.63) is 69.2 Å². The van der Waals surface area contributed by atoms with Gasteiger partial charge in [-0.3, -0.25) is 24.5 Å². The molecule has 0 spiro atoms. The lowest BCUT2D eigenvalue weighted by atomic mass is 9.98. The Labute approximate surface area is 185 Å². The van der Waals surface area contributed by atoms with Gasteiger partial charge in [0.05, 0.1) is 0 Å². The number of carbonyl (C=O) groups is 4. The SMILES string of the molecule is Cc1ccc(Cl)cc1CC(=O)CCc1ccc2c(c1)CN(C1CCC(=O)NC1=O)C2=O. The van der Waals surface area contributed by atoms with Crippen LogP contribution < -0.4 is 5.32 Å². The normalized spacial score (nSPS) is 18.2. The van der Waals surface area contributed by atoms with E-state index in [1.165, 1.54) is 4.90 Å². The largest absolute Gasteiger partial charge is 0.322 e. The Morgan fingerprint density at radius 1 is 1.16 bits per heavy atom. The molecule has 1 atom stereocenters. The number of imide groups is 1. The lowest BCUT2D eigenvalue weighted by Crippen LogP contribution is -2.52. The molecule has 0 radical (unpaired) electrons. The lowest BCUT2D eigenvalue weighted by molar-refractivity contribution is -0.137. The molecule has 1 saturated heterocycles. The first-order valence-electron chi connectivity index (χ1n) is 10.3. The third-order valence-corrected chi connectivity index (χ3v) is 6.21. The zero-order valence-corrected chi connectivity index (χ0v) is 18.0. The Hall–Kier alpha value is -2.99. The number of hydrogen-bond donors (Lipinski definition) is 1. The molecule has 1 N–H and O–H groups in total. The van der Waals surface area contributed by atoms with E-state index in [9.17, 15) is 19.2 Å². The molecule has 2 aromatic carbocycles. The molecule has 160 valence electrons. The van der Waals surface area contributed by atoms with Gasteiger partial charge in [0, 0.05) is 36.4 Å². The second-order valence-electron chi connectivity index (χ2n) is 8.18. The summed E-state index contributed by atoms with van der Waals surface area (Å²) in [6.07, 6.45) is 1.90. The highest BCUT2D eigenvalue weighted by molar-refractivity contribution is 6.30. The molecule has 2 aliphatic heterocycles. The second kappa shape index (κ2) is 8.63. The summed E-state index contributed by atoms with van der Waals surface area (Å²) in [5.74, 6) is -0.777. The number of aryl methyl sites for hydroxylation is 2. The number of halogens is 1. The van der Waals surface area contributed by atoms with Crippen molar-refractivity contribution in [1.82, 2.24) is 10.2 Å². The van der Waals surface area contributed by atoms with Gasteiger partial charge in [-0.1, -0.05) is 29.8 Å². The monoisotopic (exact) mass is 438 g/mol. The Balaban J connectivity index is 1.39. The van der Waals surface area contributed by atoms with Crippen LogP contribution in [0, 0.1) is 6.92 Å². The van der Waals surface area contributed by atoms with Gasteiger partial charge in [-0.2, -0.15) is 0 Å². The number of piperidine rings is 1. The number of nitrogens with zero attached hydrogens (tertiary/aromatic N) is 1. The Bertz CT molecular complexity index is 1090. The van der Waals surface area contributed by atoms with Crippen LogP contribution in [0.4, 0.5) is 0 Å². The van der Waals surface area contributed by atoms with Crippen LogP contribution in [0.5, 0.6) is 0 Å². The van der Waals surface area contributed by atoms with Gasteiger partial charge in [0.2, 0.25) is 11.8 Å². The average molecular weight is 439 g/mol. The van der Waals surface area contributed by atoms with Crippen LogP contribution in [0.25, 0.3) is 0 Å². The van der Waals surface area contributed by atoms with E-state index in [1.807, 2.05) is 37.3 Å². The Morgan fingerprint density at radius 2 is 1.97 bits per heavy atom. The van der Waals surface area contributed by atoms with E-state index in [2.05, 4.69) is 5.32 Å². The van der Waals surface area contributed by atoms with Crippen LogP contribution in [-0.2, 0) is 33.8 Å². The minimum atomic E-state index is -0.622. The van der Waals surface area contributed by atoms with Crippen molar-refractivity contribution >= 4 is 35.1 Å². The molecule has 0 bridgehead atoms. The number of rotatable bonds is 6. The number of ketones is 1. The van der Waals surface area contributed by atoms with Crippen LogP contribution in [0.2, 0.25) is 5.02 Å². The highest BCUT2D eigenvalue weighted by Gasteiger charge is 2.39. The fourth-order valence-electron chi connectivity index (χ4n) is 4.20. The predicted octanol–water partition coefficient (Wildman–Crippen LogP) is 3.15. The molecule has 6 nitrogen and oxygen atoms in total. The van der Waals surface area contributed by atoms with Gasteiger partial charge in [-0.05, 0) is 60.2 Å². The topological polar surface area (TPSA) is 83.6 Å². The summed E-state index contributed by atoms with van der Waals surface area (Å²) < 4.78 is 0. The minimum absolute atomic E-state index is 0.132. The standard InChI is InChI=1S/C24H23ClN2O4/c1-14-2-5-18(25)11-16(14)12-19(28)6-3-15-4-7-20-17(10-15)13-27(24(20)31)21-8-9-22(29)26-23(21)30/h2,4-5,7,10-11,21H,3,6,8-9,12-13H2,1H3,(H,26,29,30). The second-order valence-corrected chi connectivity index (χ2v) is 8.61. The van der Waals surface area contributed by atoms with Gasteiger partial charge < -0.3 is 4.90 Å². The maximum Gasteiger partial charge on any atom is 0.255 e. The Kier molecular flexibility index (Phi) is 5.92. The number of fused-ring (bicyclic) bond motifs is 1. The van der Waals surface area contributed by atoms with E-state index < -0.39 is 11.9 Å². The predicted molar refractivity (Wildman–Crippen MR) is 116 cm³/mol. The number of amides is 3. The van der Waals surface area contributed by atoms with E-state index >= 15 is 0 Å². The van der Waals surface area contributed by atoms with Crippen molar-refractivity contribution < 1.29 is 19.2 Å². The molecule has 0 aromatic heterocycles. The summed E-state index contributed by atoms with van der Waals surface area (Å²) >= 11 is 6.04. The molecule has 31 heavy (non-hydrogen) atoms. The summed E-state index contributed by atoms with van der Waals surface area (Å²) in [6.45, 7) is 2.30. The molecule has 4 rings (SSSR count). The third kappa shape index (κ3) is 4.54. The summed E-state index contributed by atoms with van der Waals surface area (Å²) in [6, 6.07) is 10.5. The first kappa shape index (κ1) is 21.2. The van der Waals surface area contributed by atoms with Gasteiger partial charge >= 0.3 is 0 Å². The molecular weight excluding hydrogens is 416 g/mol. The van der Waals surface area contributed by atoms with Crippen LogP contribution in [-0.4, -0.2) is 34.4 Å². The molecule has 2 heterocycles. The van der Waals surface area contributed by atoms with E-state index in [1.54, 1.807) is 6.07 Å². The summed E-state index contributed by atoms with van der Waals surface area (Å²) in [5, 5.41) is 2.93. The number of hydrogen-bond acceptors (Lipinski definition) is 4. The molecular formula is C24H23ClN2O4. The summed E-state index contributed by atoms with van der Waals surface area (Å²) in [4.78, 5) is 50.3. The fourth-order valence-corrected chi connectivity index (χ4v) is 4.39. The molecule has 7 heteroatoms. The molecule has 1 unspecified atom stereocenters. The van der Waals surface area contributed by atoms with Gasteiger partial charge in [0.25, 0.3) is 5.91 Å². The van der Waals surface area contributed by atoms with Crippen molar-refractivity contribution in [1.29, 1.82) is 0 Å². The first-order valence-corrected chi connectivity index (χ1v) is 10.7. The van der Waals surface area contributed by atoms with Gasteiger partial charge in [-0.15, -0.1) is 0 Å². The number of nitrogens with one attached hydrogen (secondary N) is 1. The maximum atomic E-state index is 12.8. The summed E-state index contributed by atoms with van der Waals surface area (Å²) in [5.41, 5.74) is 4.40. The number of carbonyl (C=O) groups excluding carboxylic acids is 4. The zero-order valence-electron chi connectivity index (χ0n) is 17.2. The van der Waals surface area contributed by atoms with Gasteiger partial charge in [0.15, 0.2) is 0 Å². The first-order chi connectivity index (χ1) is 14.8. The average Bonchev–Trinajstić information content (AvgIpc) is 3.05. The van der Waals surface area contributed by atoms with Crippen LogP contribution >= 0.6 is 11.6 Å². The van der Waals surface area contributed by atoms with E-state index in [0.29, 0.717) is 42.8 Å². The molecule has 2 aliphatic rings.